The topological polar surface area (TPSA) is 86.9 Å². The molecule has 1 amide bonds. The molecule has 1 saturated heterocycles. The number of nitrogens with zero attached hydrogens (tertiary/aromatic N) is 2. The molecule has 1 aliphatic rings. The predicted molar refractivity (Wildman–Crippen MR) is 63.5 cm³/mol. The lowest BCUT2D eigenvalue weighted by Gasteiger charge is -2.23. The fraction of sp³-hybridized carbons (Fsp3) is 0.818. The molecule has 0 saturated carbocycles. The van der Waals surface area contributed by atoms with Gasteiger partial charge in [-0.3, -0.25) is 9.59 Å². The second-order valence-corrected chi connectivity index (χ2v) is 4.84. The Hall–Kier alpha value is -1.14. The highest BCUT2D eigenvalue weighted by atomic mass is 16.4. The van der Waals surface area contributed by atoms with Crippen LogP contribution in [0.2, 0.25) is 0 Å². The van der Waals surface area contributed by atoms with Crippen molar-refractivity contribution in [1.29, 1.82) is 0 Å². The molecule has 2 unspecified atom stereocenters. The molecule has 0 aromatic heterocycles. The molecular weight excluding hydrogens is 222 g/mol. The van der Waals surface area contributed by atoms with Gasteiger partial charge in [0.05, 0.1) is 12.5 Å². The number of likely N-dealkylation sites (N-methyl/N-ethyl adjacent to an activating group) is 1. The minimum Gasteiger partial charge on any atom is -0.481 e. The van der Waals surface area contributed by atoms with E-state index < -0.39 is 12.0 Å². The number of likely N-dealkylation sites (tertiary alicyclic amines) is 1. The Kier molecular flexibility index (Phi) is 4.89. The van der Waals surface area contributed by atoms with E-state index >= 15 is 0 Å². The largest absolute Gasteiger partial charge is 0.481 e. The van der Waals surface area contributed by atoms with E-state index in [1.807, 2.05) is 0 Å². The Morgan fingerprint density at radius 1 is 1.59 bits per heavy atom. The van der Waals surface area contributed by atoms with Gasteiger partial charge in [-0.25, -0.2) is 0 Å². The number of hydrogen-bond acceptors (Lipinski definition) is 4. The molecule has 17 heavy (non-hydrogen) atoms. The molecule has 1 heterocycles. The molecule has 0 bridgehead atoms. The quantitative estimate of drug-likeness (QED) is 0.660. The molecule has 6 nitrogen and oxygen atoms in total. The second kappa shape index (κ2) is 5.97. The van der Waals surface area contributed by atoms with Gasteiger partial charge in [-0.05, 0) is 25.9 Å². The highest BCUT2D eigenvalue weighted by Crippen LogP contribution is 2.15. The van der Waals surface area contributed by atoms with Crippen LogP contribution in [-0.2, 0) is 9.59 Å². The Bertz CT molecular complexity index is 296. The average molecular weight is 243 g/mol. The van der Waals surface area contributed by atoms with Gasteiger partial charge < -0.3 is 20.6 Å². The van der Waals surface area contributed by atoms with E-state index in [2.05, 4.69) is 11.9 Å². The van der Waals surface area contributed by atoms with Gasteiger partial charge in [-0.1, -0.05) is 0 Å². The summed E-state index contributed by atoms with van der Waals surface area (Å²) in [7, 11) is 3.74. The summed E-state index contributed by atoms with van der Waals surface area (Å²) in [4.78, 5) is 26.0. The number of carboxylic acids is 1. The van der Waals surface area contributed by atoms with Crippen LogP contribution in [0.5, 0.6) is 0 Å². The Balaban J connectivity index is 2.38. The van der Waals surface area contributed by atoms with Crippen LogP contribution in [-0.4, -0.2) is 66.6 Å². The van der Waals surface area contributed by atoms with E-state index in [4.69, 9.17) is 10.8 Å². The molecule has 2 atom stereocenters. The van der Waals surface area contributed by atoms with Crippen LogP contribution >= 0.6 is 0 Å². The summed E-state index contributed by atoms with van der Waals surface area (Å²) in [5, 5.41) is 8.58. The normalized spacial score (nSPS) is 22.4. The van der Waals surface area contributed by atoms with Crippen molar-refractivity contribution in [2.24, 2.45) is 11.7 Å². The first-order chi connectivity index (χ1) is 7.90. The van der Waals surface area contributed by atoms with Gasteiger partial charge in [0.25, 0.3) is 0 Å². The van der Waals surface area contributed by atoms with Crippen molar-refractivity contribution in [3.63, 3.8) is 0 Å². The number of carbonyl (C=O) groups excluding carboxylic acids is 1. The van der Waals surface area contributed by atoms with E-state index in [1.165, 1.54) is 0 Å². The minimum absolute atomic E-state index is 0.290. The van der Waals surface area contributed by atoms with Crippen LogP contribution in [0.4, 0.5) is 0 Å². The van der Waals surface area contributed by atoms with Gasteiger partial charge in [0, 0.05) is 20.1 Å². The first-order valence-corrected chi connectivity index (χ1v) is 5.81. The van der Waals surface area contributed by atoms with Crippen LogP contribution in [0.15, 0.2) is 0 Å². The van der Waals surface area contributed by atoms with Crippen LogP contribution in [0.3, 0.4) is 0 Å². The highest BCUT2D eigenvalue weighted by Gasteiger charge is 2.25. The fourth-order valence-electron chi connectivity index (χ4n) is 2.21. The van der Waals surface area contributed by atoms with Crippen molar-refractivity contribution in [3.8, 4) is 0 Å². The average Bonchev–Trinajstić information content (AvgIpc) is 2.61. The van der Waals surface area contributed by atoms with Gasteiger partial charge in [-0.2, -0.15) is 0 Å². The number of carboxylic acid groups (broad SMARTS) is 1. The lowest BCUT2D eigenvalue weighted by atomic mass is 10.1. The lowest BCUT2D eigenvalue weighted by molar-refractivity contribution is -0.141. The van der Waals surface area contributed by atoms with Crippen LogP contribution in [0, 0.1) is 5.92 Å². The molecule has 6 heteroatoms. The number of nitrogens with two attached hydrogens (primary N) is 1. The number of amides is 1. The van der Waals surface area contributed by atoms with Crippen LogP contribution in [0.25, 0.3) is 0 Å². The summed E-state index contributed by atoms with van der Waals surface area (Å²) in [5.41, 5.74) is 5.54. The standard InChI is InChI=1S/C11H21N3O3/c1-13-4-3-8(6-13)7-14(2)11(17)9(12)5-10(15)16/h8-9H,3-7,12H2,1-2H3,(H,15,16). The van der Waals surface area contributed by atoms with E-state index in [0.717, 1.165) is 19.5 Å². The molecule has 0 aromatic carbocycles. The molecule has 3 N–H and O–H groups in total. The summed E-state index contributed by atoms with van der Waals surface area (Å²) in [6.45, 7) is 2.68. The van der Waals surface area contributed by atoms with Crippen molar-refractivity contribution in [3.05, 3.63) is 0 Å². The van der Waals surface area contributed by atoms with Crippen molar-refractivity contribution in [2.75, 3.05) is 33.7 Å². The zero-order valence-corrected chi connectivity index (χ0v) is 10.4. The van der Waals surface area contributed by atoms with Gasteiger partial charge in [0.1, 0.15) is 0 Å². The molecule has 1 aliphatic heterocycles. The summed E-state index contributed by atoms with van der Waals surface area (Å²) in [6, 6.07) is -0.934. The smallest absolute Gasteiger partial charge is 0.305 e. The third-order valence-electron chi connectivity index (χ3n) is 3.11. The third kappa shape index (κ3) is 4.32. The van der Waals surface area contributed by atoms with E-state index in [-0.39, 0.29) is 12.3 Å². The fourth-order valence-corrected chi connectivity index (χ4v) is 2.21. The predicted octanol–water partition coefficient (Wildman–Crippen LogP) is -0.801. The molecule has 0 aromatic rings. The van der Waals surface area contributed by atoms with Crippen LogP contribution in [0.1, 0.15) is 12.8 Å². The molecule has 98 valence electrons. The van der Waals surface area contributed by atoms with Crippen molar-refractivity contribution >= 4 is 11.9 Å². The Morgan fingerprint density at radius 3 is 2.71 bits per heavy atom. The SMILES string of the molecule is CN1CCC(CN(C)C(=O)C(N)CC(=O)O)C1. The summed E-state index contributed by atoms with van der Waals surface area (Å²) < 4.78 is 0. The second-order valence-electron chi connectivity index (χ2n) is 4.84. The van der Waals surface area contributed by atoms with Crippen molar-refractivity contribution in [2.45, 2.75) is 18.9 Å². The van der Waals surface area contributed by atoms with Crippen molar-refractivity contribution < 1.29 is 14.7 Å². The molecule has 0 radical (unpaired) electrons. The maximum Gasteiger partial charge on any atom is 0.305 e. The zero-order valence-electron chi connectivity index (χ0n) is 10.4. The van der Waals surface area contributed by atoms with Gasteiger partial charge >= 0.3 is 5.97 Å². The number of hydrogen-bond donors (Lipinski definition) is 2. The number of rotatable bonds is 5. The van der Waals surface area contributed by atoms with Gasteiger partial charge in [0.2, 0.25) is 5.91 Å². The summed E-state index contributed by atoms with van der Waals surface area (Å²) >= 11 is 0. The van der Waals surface area contributed by atoms with E-state index in [9.17, 15) is 9.59 Å². The molecule has 1 fully saturated rings. The number of carbonyl (C=O) groups is 2. The van der Waals surface area contributed by atoms with Gasteiger partial charge in [0.15, 0.2) is 0 Å². The minimum atomic E-state index is -1.04. The first-order valence-electron chi connectivity index (χ1n) is 5.81. The molecule has 1 rings (SSSR count). The van der Waals surface area contributed by atoms with Gasteiger partial charge in [-0.15, -0.1) is 0 Å². The molecule has 0 spiro atoms. The lowest BCUT2D eigenvalue weighted by Crippen LogP contribution is -2.44. The Morgan fingerprint density at radius 2 is 2.24 bits per heavy atom. The first kappa shape index (κ1) is 13.9. The Labute approximate surface area is 101 Å². The monoisotopic (exact) mass is 243 g/mol. The maximum atomic E-state index is 11.8. The summed E-state index contributed by atoms with van der Waals surface area (Å²) in [6.07, 6.45) is 0.760. The molecule has 0 aliphatic carbocycles. The molecular formula is C11H21N3O3. The highest BCUT2D eigenvalue weighted by molar-refractivity contribution is 5.85. The van der Waals surface area contributed by atoms with E-state index in [0.29, 0.717) is 12.5 Å². The number of aliphatic carboxylic acids is 1. The van der Waals surface area contributed by atoms with Crippen LogP contribution < -0.4 is 5.73 Å². The third-order valence-corrected chi connectivity index (χ3v) is 3.11. The maximum absolute atomic E-state index is 11.8. The van der Waals surface area contributed by atoms with E-state index in [1.54, 1.807) is 11.9 Å². The van der Waals surface area contributed by atoms with Crippen molar-refractivity contribution in [1.82, 2.24) is 9.80 Å². The summed E-state index contributed by atoms with van der Waals surface area (Å²) in [5.74, 6) is -0.868. The zero-order chi connectivity index (χ0) is 13.0.